The van der Waals surface area contributed by atoms with Crippen LogP contribution >= 0.6 is 0 Å². The first kappa shape index (κ1) is 14.0. The van der Waals surface area contributed by atoms with Crippen LogP contribution in [0.5, 0.6) is 0 Å². The molecule has 22 heavy (non-hydrogen) atoms. The molecule has 1 atom stereocenters. The summed E-state index contributed by atoms with van der Waals surface area (Å²) in [5.74, 6) is 0. The molecule has 0 radical (unpaired) electrons. The van der Waals surface area contributed by atoms with Crippen LogP contribution in [-0.2, 0) is 12.0 Å². The van der Waals surface area contributed by atoms with Gasteiger partial charge in [-0.15, -0.1) is 0 Å². The summed E-state index contributed by atoms with van der Waals surface area (Å²) in [6.45, 7) is 2.89. The Morgan fingerprint density at radius 1 is 1.00 bits per heavy atom. The van der Waals surface area contributed by atoms with Crippen molar-refractivity contribution < 1.29 is 0 Å². The standard InChI is InChI=1S/C20H24N2/c21-13-19-18-10-5-4-7-16(18)14-22(19)15-20(11-6-12-20)17-8-2-1-3-9-17/h1-5,7-10,19H,6,11-15,21H2. The highest BCUT2D eigenvalue weighted by atomic mass is 15.2. The van der Waals surface area contributed by atoms with Gasteiger partial charge in [0.25, 0.3) is 0 Å². The highest BCUT2D eigenvalue weighted by molar-refractivity contribution is 5.36. The molecule has 0 aromatic heterocycles. The molecule has 1 heterocycles. The van der Waals surface area contributed by atoms with Crippen molar-refractivity contribution in [1.82, 2.24) is 4.90 Å². The lowest BCUT2D eigenvalue weighted by Crippen LogP contribution is -2.46. The van der Waals surface area contributed by atoms with E-state index in [-0.39, 0.29) is 0 Å². The molecule has 2 aromatic carbocycles. The van der Waals surface area contributed by atoms with E-state index in [1.807, 2.05) is 0 Å². The van der Waals surface area contributed by atoms with Gasteiger partial charge in [0.05, 0.1) is 0 Å². The largest absolute Gasteiger partial charge is 0.329 e. The fourth-order valence-corrected chi connectivity index (χ4v) is 4.29. The Morgan fingerprint density at radius 3 is 2.41 bits per heavy atom. The van der Waals surface area contributed by atoms with Crippen LogP contribution in [-0.4, -0.2) is 18.0 Å². The van der Waals surface area contributed by atoms with Crippen LogP contribution in [0.15, 0.2) is 54.6 Å². The SMILES string of the molecule is NCC1c2ccccc2CN1CC1(c2ccccc2)CCC1. The van der Waals surface area contributed by atoms with Gasteiger partial charge in [-0.25, -0.2) is 0 Å². The van der Waals surface area contributed by atoms with Crippen molar-refractivity contribution in [2.45, 2.75) is 37.3 Å². The van der Waals surface area contributed by atoms with E-state index in [1.54, 1.807) is 0 Å². The van der Waals surface area contributed by atoms with Gasteiger partial charge in [-0.05, 0) is 29.5 Å². The topological polar surface area (TPSA) is 29.3 Å². The Bertz CT molecular complexity index is 646. The monoisotopic (exact) mass is 292 g/mol. The van der Waals surface area contributed by atoms with Crippen molar-refractivity contribution in [2.24, 2.45) is 5.73 Å². The summed E-state index contributed by atoms with van der Waals surface area (Å²) < 4.78 is 0. The van der Waals surface area contributed by atoms with Crippen LogP contribution in [0.2, 0.25) is 0 Å². The quantitative estimate of drug-likeness (QED) is 0.932. The second kappa shape index (κ2) is 5.53. The lowest BCUT2D eigenvalue weighted by atomic mass is 9.64. The molecule has 0 spiro atoms. The predicted octanol–water partition coefficient (Wildman–Crippen LogP) is 3.62. The van der Waals surface area contributed by atoms with E-state index in [2.05, 4.69) is 59.5 Å². The van der Waals surface area contributed by atoms with Gasteiger partial charge in [0.2, 0.25) is 0 Å². The zero-order valence-electron chi connectivity index (χ0n) is 13.0. The summed E-state index contributed by atoms with van der Waals surface area (Å²) in [5.41, 5.74) is 10.9. The Kier molecular flexibility index (Phi) is 3.51. The second-order valence-corrected chi connectivity index (χ2v) is 6.86. The number of benzene rings is 2. The first-order valence-electron chi connectivity index (χ1n) is 8.40. The van der Waals surface area contributed by atoms with Crippen molar-refractivity contribution in [3.63, 3.8) is 0 Å². The van der Waals surface area contributed by atoms with Crippen molar-refractivity contribution in [2.75, 3.05) is 13.1 Å². The van der Waals surface area contributed by atoms with E-state index in [0.717, 1.165) is 13.1 Å². The molecule has 0 saturated heterocycles. The minimum atomic E-state index is 0.344. The number of rotatable bonds is 4. The molecular formula is C20H24N2. The van der Waals surface area contributed by atoms with Gasteiger partial charge >= 0.3 is 0 Å². The van der Waals surface area contributed by atoms with Crippen molar-refractivity contribution in [3.05, 3.63) is 71.3 Å². The molecule has 1 aliphatic carbocycles. The maximum Gasteiger partial charge on any atom is 0.0477 e. The summed E-state index contributed by atoms with van der Waals surface area (Å²) in [6, 6.07) is 20.3. The number of hydrogen-bond acceptors (Lipinski definition) is 2. The predicted molar refractivity (Wildman–Crippen MR) is 90.6 cm³/mol. The molecule has 0 bridgehead atoms. The minimum absolute atomic E-state index is 0.344. The van der Waals surface area contributed by atoms with Crippen molar-refractivity contribution >= 4 is 0 Å². The molecule has 1 unspecified atom stereocenters. The third kappa shape index (κ3) is 2.18. The van der Waals surface area contributed by atoms with Crippen molar-refractivity contribution in [3.8, 4) is 0 Å². The lowest BCUT2D eigenvalue weighted by molar-refractivity contribution is 0.113. The third-order valence-corrected chi connectivity index (χ3v) is 5.65. The Hall–Kier alpha value is -1.64. The molecule has 2 nitrogen and oxygen atoms in total. The molecule has 1 saturated carbocycles. The van der Waals surface area contributed by atoms with Gasteiger partial charge in [-0.2, -0.15) is 0 Å². The maximum atomic E-state index is 6.11. The molecule has 1 fully saturated rings. The average Bonchev–Trinajstić information content (AvgIpc) is 2.88. The van der Waals surface area contributed by atoms with Gasteiger partial charge in [-0.3, -0.25) is 4.90 Å². The van der Waals surface area contributed by atoms with Gasteiger partial charge in [0.15, 0.2) is 0 Å². The Labute approximate surface area is 132 Å². The summed E-state index contributed by atoms with van der Waals surface area (Å²) >= 11 is 0. The highest BCUT2D eigenvalue weighted by Gasteiger charge is 2.42. The fourth-order valence-electron chi connectivity index (χ4n) is 4.29. The first-order chi connectivity index (χ1) is 10.8. The van der Waals surface area contributed by atoms with Crippen molar-refractivity contribution in [1.29, 1.82) is 0 Å². The first-order valence-corrected chi connectivity index (χ1v) is 8.40. The van der Waals surface area contributed by atoms with Crippen LogP contribution in [0.1, 0.15) is 42.0 Å². The van der Waals surface area contributed by atoms with E-state index in [9.17, 15) is 0 Å². The van der Waals surface area contributed by atoms with E-state index < -0.39 is 0 Å². The zero-order valence-corrected chi connectivity index (χ0v) is 13.0. The zero-order chi connectivity index (χ0) is 15.0. The molecule has 2 N–H and O–H groups in total. The van der Waals surface area contributed by atoms with E-state index in [0.29, 0.717) is 18.0 Å². The molecule has 1 aliphatic heterocycles. The third-order valence-electron chi connectivity index (χ3n) is 5.65. The van der Waals surface area contributed by atoms with Crippen LogP contribution < -0.4 is 5.73 Å². The molecule has 2 aromatic rings. The van der Waals surface area contributed by atoms with Crippen LogP contribution in [0.25, 0.3) is 0 Å². The number of nitrogens with zero attached hydrogens (tertiary/aromatic N) is 1. The van der Waals surface area contributed by atoms with E-state index >= 15 is 0 Å². The molecule has 2 aliphatic rings. The van der Waals surface area contributed by atoms with E-state index in [1.165, 1.54) is 36.0 Å². The summed E-state index contributed by atoms with van der Waals surface area (Å²) in [6.07, 6.45) is 3.96. The van der Waals surface area contributed by atoms with Gasteiger partial charge in [0.1, 0.15) is 0 Å². The average molecular weight is 292 g/mol. The van der Waals surface area contributed by atoms with Gasteiger partial charge < -0.3 is 5.73 Å². The second-order valence-electron chi connectivity index (χ2n) is 6.86. The number of fused-ring (bicyclic) bond motifs is 1. The van der Waals surface area contributed by atoms with Crippen LogP contribution in [0.3, 0.4) is 0 Å². The number of nitrogens with two attached hydrogens (primary N) is 1. The molecule has 0 amide bonds. The van der Waals surface area contributed by atoms with Crippen LogP contribution in [0.4, 0.5) is 0 Å². The van der Waals surface area contributed by atoms with Gasteiger partial charge in [0, 0.05) is 31.1 Å². The molecule has 114 valence electrons. The van der Waals surface area contributed by atoms with Crippen LogP contribution in [0, 0.1) is 0 Å². The smallest absolute Gasteiger partial charge is 0.0477 e. The summed E-state index contributed by atoms with van der Waals surface area (Å²) in [7, 11) is 0. The maximum absolute atomic E-state index is 6.11. The highest BCUT2D eigenvalue weighted by Crippen LogP contribution is 2.46. The van der Waals surface area contributed by atoms with Gasteiger partial charge in [-0.1, -0.05) is 61.0 Å². The summed E-state index contributed by atoms with van der Waals surface area (Å²) in [4.78, 5) is 2.61. The Balaban J connectivity index is 1.61. The fraction of sp³-hybridized carbons (Fsp3) is 0.400. The molecule has 2 heteroatoms. The van der Waals surface area contributed by atoms with E-state index in [4.69, 9.17) is 5.73 Å². The number of hydrogen-bond donors (Lipinski definition) is 1. The normalized spacial score (nSPS) is 23.0. The minimum Gasteiger partial charge on any atom is -0.329 e. The summed E-state index contributed by atoms with van der Waals surface area (Å²) in [5, 5.41) is 0. The molecular weight excluding hydrogens is 268 g/mol. The molecule has 4 rings (SSSR count). The Morgan fingerprint density at radius 2 is 1.73 bits per heavy atom. The lowest BCUT2D eigenvalue weighted by Gasteiger charge is -2.46.